The van der Waals surface area contributed by atoms with Gasteiger partial charge in [-0.15, -0.1) is 0 Å². The molecule has 2 aliphatic rings. The highest BCUT2D eigenvalue weighted by molar-refractivity contribution is 5.96. The lowest BCUT2D eigenvalue weighted by atomic mass is 10.1. The number of rotatable bonds is 4. The molecule has 0 aromatic heterocycles. The smallest absolute Gasteiger partial charge is 0.228 e. The standard InChI is InChI=1S/C22H33N3O/c1-15(2)13-18-20(22(18,4)5)21(26)23-19-8-7-17(14-16(19)3)25-11-9-24(6)10-12-25/h7-8,13-14,18,20H,9-12H2,1-6H3,(H,23,26)/t18-,20-/m0/s1. The SMILES string of the molecule is CC(C)=C[C@H]1[C@@H](C(=O)Nc2ccc(N3CCN(C)CC3)cc2C)C1(C)C. The van der Waals surface area contributed by atoms with Gasteiger partial charge in [0, 0.05) is 37.6 Å². The van der Waals surface area contributed by atoms with E-state index in [1.54, 1.807) is 0 Å². The number of likely N-dealkylation sites (N-methyl/N-ethyl adjacent to an activating group) is 1. The van der Waals surface area contributed by atoms with Crippen molar-refractivity contribution < 1.29 is 4.79 Å². The van der Waals surface area contributed by atoms with Crippen molar-refractivity contribution in [2.45, 2.75) is 34.6 Å². The van der Waals surface area contributed by atoms with E-state index >= 15 is 0 Å². The first-order valence-corrected chi connectivity index (χ1v) is 9.70. The highest BCUT2D eigenvalue weighted by Crippen LogP contribution is 2.59. The summed E-state index contributed by atoms with van der Waals surface area (Å²) in [6.45, 7) is 15.0. The van der Waals surface area contributed by atoms with E-state index in [1.807, 2.05) is 0 Å². The van der Waals surface area contributed by atoms with Gasteiger partial charge in [-0.25, -0.2) is 0 Å². The molecule has 1 aliphatic heterocycles. The second-order valence-electron chi connectivity index (χ2n) is 8.85. The predicted octanol–water partition coefficient (Wildman–Crippen LogP) is 3.92. The number of piperazine rings is 1. The third kappa shape index (κ3) is 3.80. The Kier molecular flexibility index (Phi) is 5.16. The zero-order valence-electron chi connectivity index (χ0n) is 17.1. The monoisotopic (exact) mass is 355 g/mol. The van der Waals surface area contributed by atoms with Crippen molar-refractivity contribution in [1.29, 1.82) is 0 Å². The number of anilines is 2. The van der Waals surface area contributed by atoms with Crippen molar-refractivity contribution in [2.75, 3.05) is 43.4 Å². The second-order valence-corrected chi connectivity index (χ2v) is 8.85. The van der Waals surface area contributed by atoms with Crippen LogP contribution in [0.4, 0.5) is 11.4 Å². The Morgan fingerprint density at radius 2 is 1.85 bits per heavy atom. The Morgan fingerprint density at radius 1 is 1.19 bits per heavy atom. The molecular weight excluding hydrogens is 322 g/mol. The van der Waals surface area contributed by atoms with Crippen molar-refractivity contribution in [2.24, 2.45) is 17.3 Å². The minimum Gasteiger partial charge on any atom is -0.369 e. The molecule has 1 saturated carbocycles. The van der Waals surface area contributed by atoms with Crippen LogP contribution in [0.15, 0.2) is 29.8 Å². The molecule has 2 fully saturated rings. The van der Waals surface area contributed by atoms with E-state index < -0.39 is 0 Å². The molecule has 0 radical (unpaired) electrons. The number of carbonyl (C=O) groups excluding carboxylic acids is 1. The fraction of sp³-hybridized carbons (Fsp3) is 0.591. The van der Waals surface area contributed by atoms with Crippen LogP contribution in [-0.4, -0.2) is 44.0 Å². The quantitative estimate of drug-likeness (QED) is 0.832. The van der Waals surface area contributed by atoms with E-state index in [0.29, 0.717) is 5.92 Å². The lowest BCUT2D eigenvalue weighted by Crippen LogP contribution is -2.44. The minimum atomic E-state index is 0.0506. The fourth-order valence-corrected chi connectivity index (χ4v) is 4.11. The Morgan fingerprint density at radius 3 is 2.42 bits per heavy atom. The van der Waals surface area contributed by atoms with Crippen LogP contribution < -0.4 is 10.2 Å². The van der Waals surface area contributed by atoms with Crippen molar-refractivity contribution in [3.05, 3.63) is 35.4 Å². The maximum Gasteiger partial charge on any atom is 0.228 e. The topological polar surface area (TPSA) is 35.6 Å². The average molecular weight is 356 g/mol. The van der Waals surface area contributed by atoms with Crippen molar-refractivity contribution in [3.8, 4) is 0 Å². The summed E-state index contributed by atoms with van der Waals surface area (Å²) in [6.07, 6.45) is 2.24. The van der Waals surface area contributed by atoms with Crippen LogP contribution in [0, 0.1) is 24.2 Å². The molecule has 1 aromatic rings. The van der Waals surface area contributed by atoms with Crippen LogP contribution in [0.2, 0.25) is 0 Å². The van der Waals surface area contributed by atoms with Gasteiger partial charge in [0.05, 0.1) is 5.92 Å². The second kappa shape index (κ2) is 7.07. The van der Waals surface area contributed by atoms with Crippen LogP contribution in [-0.2, 0) is 4.79 Å². The highest BCUT2D eigenvalue weighted by atomic mass is 16.2. The zero-order chi connectivity index (χ0) is 19.1. The van der Waals surface area contributed by atoms with Crippen LogP contribution in [0.3, 0.4) is 0 Å². The number of benzene rings is 1. The Hall–Kier alpha value is -1.81. The molecule has 3 rings (SSSR count). The van der Waals surface area contributed by atoms with Gasteiger partial charge in [-0.1, -0.05) is 25.5 Å². The van der Waals surface area contributed by atoms with Gasteiger partial charge in [-0.2, -0.15) is 0 Å². The van der Waals surface area contributed by atoms with Gasteiger partial charge in [-0.3, -0.25) is 4.79 Å². The average Bonchev–Trinajstić information content (AvgIpc) is 3.09. The molecule has 0 unspecified atom stereocenters. The number of amides is 1. The number of nitrogens with zero attached hydrogens (tertiary/aromatic N) is 2. The molecule has 2 atom stereocenters. The summed E-state index contributed by atoms with van der Waals surface area (Å²) in [6, 6.07) is 6.40. The molecule has 1 aromatic carbocycles. The van der Waals surface area contributed by atoms with Crippen LogP contribution >= 0.6 is 0 Å². The summed E-state index contributed by atoms with van der Waals surface area (Å²) in [7, 11) is 2.17. The van der Waals surface area contributed by atoms with Crippen LogP contribution in [0.25, 0.3) is 0 Å². The Labute approximate surface area is 158 Å². The number of hydrogen-bond donors (Lipinski definition) is 1. The van der Waals surface area contributed by atoms with Gasteiger partial charge in [-0.05, 0) is 62.9 Å². The zero-order valence-corrected chi connectivity index (χ0v) is 17.1. The molecule has 26 heavy (non-hydrogen) atoms. The molecule has 1 amide bonds. The van der Waals surface area contributed by atoms with E-state index in [4.69, 9.17) is 0 Å². The lowest BCUT2D eigenvalue weighted by Gasteiger charge is -2.34. The maximum absolute atomic E-state index is 12.8. The molecule has 4 nitrogen and oxygen atoms in total. The van der Waals surface area contributed by atoms with E-state index in [9.17, 15) is 4.79 Å². The molecule has 1 aliphatic carbocycles. The number of nitrogens with one attached hydrogen (secondary N) is 1. The molecule has 0 bridgehead atoms. The van der Waals surface area contributed by atoms with Crippen molar-refractivity contribution in [1.82, 2.24) is 4.90 Å². The summed E-state index contributed by atoms with van der Waals surface area (Å²) in [5.41, 5.74) is 4.65. The van der Waals surface area contributed by atoms with Gasteiger partial charge in [0.2, 0.25) is 5.91 Å². The number of allylic oxidation sites excluding steroid dienone is 2. The maximum atomic E-state index is 12.8. The molecule has 1 N–H and O–H groups in total. The van der Waals surface area contributed by atoms with Crippen molar-refractivity contribution >= 4 is 17.3 Å². The minimum absolute atomic E-state index is 0.0506. The predicted molar refractivity (Wildman–Crippen MR) is 110 cm³/mol. The van der Waals surface area contributed by atoms with Crippen LogP contribution in [0.1, 0.15) is 33.3 Å². The molecular formula is C22H33N3O. The van der Waals surface area contributed by atoms with Gasteiger partial charge in [0.15, 0.2) is 0 Å². The first-order chi connectivity index (χ1) is 12.2. The summed E-state index contributed by atoms with van der Waals surface area (Å²) in [5, 5.41) is 3.17. The van der Waals surface area contributed by atoms with E-state index in [-0.39, 0.29) is 17.2 Å². The molecule has 142 valence electrons. The van der Waals surface area contributed by atoms with Gasteiger partial charge in [0.25, 0.3) is 0 Å². The number of aryl methyl sites for hydroxylation is 1. The molecule has 1 saturated heterocycles. The van der Waals surface area contributed by atoms with Gasteiger partial charge < -0.3 is 15.1 Å². The Balaban J connectivity index is 1.67. The third-order valence-electron chi connectivity index (χ3n) is 6.04. The van der Waals surface area contributed by atoms with E-state index in [2.05, 4.69) is 81.1 Å². The lowest BCUT2D eigenvalue weighted by molar-refractivity contribution is -0.118. The summed E-state index contributed by atoms with van der Waals surface area (Å²) >= 11 is 0. The van der Waals surface area contributed by atoms with Gasteiger partial charge in [0.1, 0.15) is 0 Å². The molecule has 0 spiro atoms. The fourth-order valence-electron chi connectivity index (χ4n) is 4.11. The molecule has 4 heteroatoms. The summed E-state index contributed by atoms with van der Waals surface area (Å²) in [5.74, 6) is 0.555. The van der Waals surface area contributed by atoms with Gasteiger partial charge >= 0.3 is 0 Å². The number of carbonyl (C=O) groups is 1. The summed E-state index contributed by atoms with van der Waals surface area (Å²) < 4.78 is 0. The van der Waals surface area contributed by atoms with Crippen molar-refractivity contribution in [3.63, 3.8) is 0 Å². The largest absolute Gasteiger partial charge is 0.369 e. The van der Waals surface area contributed by atoms with Crippen LogP contribution in [0.5, 0.6) is 0 Å². The van der Waals surface area contributed by atoms with E-state index in [1.165, 1.54) is 11.3 Å². The molecule has 1 heterocycles. The number of hydrogen-bond acceptors (Lipinski definition) is 3. The Bertz CT molecular complexity index is 710. The summed E-state index contributed by atoms with van der Waals surface area (Å²) in [4.78, 5) is 17.6. The van der Waals surface area contributed by atoms with E-state index in [0.717, 1.165) is 37.4 Å². The normalized spacial score (nSPS) is 24.9. The first kappa shape index (κ1) is 19.0. The third-order valence-corrected chi connectivity index (χ3v) is 6.04. The first-order valence-electron chi connectivity index (χ1n) is 9.70. The highest BCUT2D eigenvalue weighted by Gasteiger charge is 2.60.